The van der Waals surface area contributed by atoms with Crippen molar-refractivity contribution < 1.29 is 4.79 Å². The van der Waals surface area contributed by atoms with Crippen LogP contribution < -0.4 is 10.6 Å². The Hall–Kier alpha value is -2.30. The number of rotatable bonds is 2. The van der Waals surface area contributed by atoms with Crippen LogP contribution in [0.5, 0.6) is 0 Å². The minimum atomic E-state index is -0.312. The van der Waals surface area contributed by atoms with Crippen molar-refractivity contribution >= 4 is 22.4 Å². The van der Waals surface area contributed by atoms with Crippen LogP contribution in [0.4, 0.5) is 5.13 Å². The van der Waals surface area contributed by atoms with Crippen LogP contribution in [0.3, 0.4) is 0 Å². The number of aromatic nitrogens is 2. The lowest BCUT2D eigenvalue weighted by atomic mass is 10.2. The summed E-state index contributed by atoms with van der Waals surface area (Å²) >= 11 is 1.48. The Labute approximate surface area is 119 Å². The van der Waals surface area contributed by atoms with E-state index in [0.717, 1.165) is 25.2 Å². The quantitative estimate of drug-likeness (QED) is 0.868. The number of fused-ring (bicyclic) bond motifs is 1. The lowest BCUT2D eigenvalue weighted by Crippen LogP contribution is -2.22. The Morgan fingerprint density at radius 1 is 1.50 bits per heavy atom. The Morgan fingerprint density at radius 3 is 3.10 bits per heavy atom. The molecule has 20 heavy (non-hydrogen) atoms. The molecule has 2 aromatic heterocycles. The molecule has 100 valence electrons. The number of anilines is 1. The zero-order valence-electron chi connectivity index (χ0n) is 10.5. The number of carbonyl (C=O) groups excluding carboxylic acids is 1. The summed E-state index contributed by atoms with van der Waals surface area (Å²) in [5, 5.41) is 15.3. The van der Waals surface area contributed by atoms with Crippen molar-refractivity contribution in [3.05, 3.63) is 40.2 Å². The Bertz CT molecular complexity index is 662. The fraction of sp³-hybridized carbons (Fsp3) is 0.231. The first-order valence-electron chi connectivity index (χ1n) is 6.13. The third-order valence-electron chi connectivity index (χ3n) is 2.95. The molecule has 0 radical (unpaired) electrons. The highest BCUT2D eigenvalue weighted by molar-refractivity contribution is 7.15. The molecule has 3 heterocycles. The molecule has 2 aromatic rings. The van der Waals surface area contributed by atoms with Gasteiger partial charge in [-0.1, -0.05) is 0 Å². The fourth-order valence-electron chi connectivity index (χ4n) is 1.93. The maximum absolute atomic E-state index is 12.0. The molecule has 0 saturated carbocycles. The number of carbonyl (C=O) groups is 1. The molecule has 0 fully saturated rings. The lowest BCUT2D eigenvalue weighted by Gasteiger charge is -2.09. The van der Waals surface area contributed by atoms with Gasteiger partial charge < -0.3 is 5.32 Å². The van der Waals surface area contributed by atoms with Gasteiger partial charge in [0, 0.05) is 30.6 Å². The van der Waals surface area contributed by atoms with Gasteiger partial charge in [-0.15, -0.1) is 11.3 Å². The molecule has 1 aliphatic rings. The van der Waals surface area contributed by atoms with Crippen molar-refractivity contribution in [2.24, 2.45) is 0 Å². The maximum atomic E-state index is 12.0. The van der Waals surface area contributed by atoms with Crippen molar-refractivity contribution in [1.82, 2.24) is 15.3 Å². The number of hydrogen-bond acceptors (Lipinski definition) is 6. The smallest absolute Gasteiger partial charge is 0.276 e. The van der Waals surface area contributed by atoms with Gasteiger partial charge >= 0.3 is 0 Å². The summed E-state index contributed by atoms with van der Waals surface area (Å²) in [5.74, 6) is -0.312. The van der Waals surface area contributed by atoms with Gasteiger partial charge in [0.05, 0.1) is 11.3 Å². The van der Waals surface area contributed by atoms with E-state index in [1.54, 1.807) is 6.07 Å². The number of pyridine rings is 1. The first-order valence-corrected chi connectivity index (χ1v) is 6.95. The minimum Gasteiger partial charge on any atom is -0.311 e. The molecular formula is C13H11N5OS. The van der Waals surface area contributed by atoms with Crippen molar-refractivity contribution in [2.75, 3.05) is 11.9 Å². The van der Waals surface area contributed by atoms with Crippen LogP contribution in [0.2, 0.25) is 0 Å². The highest BCUT2D eigenvalue weighted by atomic mass is 32.1. The van der Waals surface area contributed by atoms with Gasteiger partial charge in [0.2, 0.25) is 0 Å². The maximum Gasteiger partial charge on any atom is 0.276 e. The van der Waals surface area contributed by atoms with Crippen molar-refractivity contribution in [1.29, 1.82) is 5.26 Å². The largest absolute Gasteiger partial charge is 0.311 e. The molecule has 6 nitrogen and oxygen atoms in total. The van der Waals surface area contributed by atoms with Gasteiger partial charge in [-0.3, -0.25) is 10.1 Å². The van der Waals surface area contributed by atoms with Gasteiger partial charge in [-0.2, -0.15) is 5.26 Å². The van der Waals surface area contributed by atoms with E-state index in [2.05, 4.69) is 20.6 Å². The van der Waals surface area contributed by atoms with Crippen LogP contribution in [0.1, 0.15) is 26.6 Å². The van der Waals surface area contributed by atoms with Gasteiger partial charge in [-0.25, -0.2) is 9.97 Å². The van der Waals surface area contributed by atoms with E-state index >= 15 is 0 Å². The van der Waals surface area contributed by atoms with E-state index in [-0.39, 0.29) is 11.6 Å². The predicted octanol–water partition coefficient (Wildman–Crippen LogP) is 1.31. The second-order valence-electron chi connectivity index (χ2n) is 4.31. The zero-order valence-corrected chi connectivity index (χ0v) is 11.3. The van der Waals surface area contributed by atoms with Crippen LogP contribution in [0.15, 0.2) is 18.3 Å². The molecule has 3 rings (SSSR count). The first-order chi connectivity index (χ1) is 9.76. The molecule has 1 aliphatic heterocycles. The highest BCUT2D eigenvalue weighted by Gasteiger charge is 2.16. The Kier molecular flexibility index (Phi) is 3.41. The molecule has 0 spiro atoms. The molecule has 0 aliphatic carbocycles. The van der Waals surface area contributed by atoms with E-state index < -0.39 is 0 Å². The number of thiazole rings is 1. The molecule has 0 aromatic carbocycles. The van der Waals surface area contributed by atoms with Gasteiger partial charge in [0.25, 0.3) is 5.91 Å². The van der Waals surface area contributed by atoms with Crippen molar-refractivity contribution in [3.8, 4) is 6.07 Å². The number of amides is 1. The molecule has 7 heteroatoms. The van der Waals surface area contributed by atoms with E-state index in [1.807, 2.05) is 6.07 Å². The summed E-state index contributed by atoms with van der Waals surface area (Å²) in [5.41, 5.74) is 1.75. The van der Waals surface area contributed by atoms with E-state index in [0.29, 0.717) is 10.7 Å². The normalized spacial score (nSPS) is 13.3. The van der Waals surface area contributed by atoms with Crippen LogP contribution >= 0.6 is 11.3 Å². The number of nitriles is 1. The SMILES string of the molecule is N#Cc1ccc(C(=O)Nc2nc3c(s2)CNCC3)nc1. The molecule has 1 amide bonds. The standard InChI is InChI=1S/C13H11N5OS/c14-5-8-1-2-10(16-6-8)12(19)18-13-17-9-3-4-15-7-11(9)20-13/h1-2,6,15H,3-4,7H2,(H,17,18,19). The first kappa shape index (κ1) is 12.7. The van der Waals surface area contributed by atoms with E-state index in [4.69, 9.17) is 5.26 Å². The number of hydrogen-bond donors (Lipinski definition) is 2. The monoisotopic (exact) mass is 285 g/mol. The van der Waals surface area contributed by atoms with Crippen molar-refractivity contribution in [3.63, 3.8) is 0 Å². The molecule has 2 N–H and O–H groups in total. The predicted molar refractivity (Wildman–Crippen MR) is 74.4 cm³/mol. The third-order valence-corrected chi connectivity index (χ3v) is 3.96. The minimum absolute atomic E-state index is 0.273. The summed E-state index contributed by atoms with van der Waals surface area (Å²) in [6.45, 7) is 1.72. The Balaban J connectivity index is 1.75. The van der Waals surface area contributed by atoms with Crippen LogP contribution in [-0.4, -0.2) is 22.4 Å². The number of nitrogens with one attached hydrogen (secondary N) is 2. The summed E-state index contributed by atoms with van der Waals surface area (Å²) < 4.78 is 0. The molecule has 0 atom stereocenters. The Morgan fingerprint density at radius 2 is 2.40 bits per heavy atom. The van der Waals surface area contributed by atoms with Crippen LogP contribution in [0.25, 0.3) is 0 Å². The topological polar surface area (TPSA) is 90.7 Å². The highest BCUT2D eigenvalue weighted by Crippen LogP contribution is 2.25. The molecular weight excluding hydrogens is 274 g/mol. The molecule has 0 saturated heterocycles. The molecule has 0 bridgehead atoms. The number of nitrogens with zero attached hydrogens (tertiary/aromatic N) is 3. The summed E-state index contributed by atoms with van der Waals surface area (Å²) in [7, 11) is 0. The van der Waals surface area contributed by atoms with Gasteiger partial charge in [-0.05, 0) is 12.1 Å². The second kappa shape index (κ2) is 5.36. The van der Waals surface area contributed by atoms with Gasteiger partial charge in [0.1, 0.15) is 11.8 Å². The van der Waals surface area contributed by atoms with Gasteiger partial charge in [0.15, 0.2) is 5.13 Å². The summed E-state index contributed by atoms with van der Waals surface area (Å²) in [6.07, 6.45) is 2.27. The zero-order chi connectivity index (χ0) is 13.9. The van der Waals surface area contributed by atoms with E-state index in [9.17, 15) is 4.79 Å². The van der Waals surface area contributed by atoms with E-state index in [1.165, 1.54) is 28.5 Å². The van der Waals surface area contributed by atoms with Crippen molar-refractivity contribution in [2.45, 2.75) is 13.0 Å². The average molecular weight is 285 g/mol. The summed E-state index contributed by atoms with van der Waals surface area (Å²) in [6, 6.07) is 5.06. The third kappa shape index (κ3) is 2.52. The fourth-order valence-corrected chi connectivity index (χ4v) is 2.91. The molecule has 0 unspecified atom stereocenters. The van der Waals surface area contributed by atoms with Crippen LogP contribution in [0, 0.1) is 11.3 Å². The average Bonchev–Trinajstić information content (AvgIpc) is 2.89. The van der Waals surface area contributed by atoms with Crippen LogP contribution in [-0.2, 0) is 13.0 Å². The lowest BCUT2D eigenvalue weighted by molar-refractivity contribution is 0.102. The second-order valence-corrected chi connectivity index (χ2v) is 5.40. The summed E-state index contributed by atoms with van der Waals surface area (Å²) in [4.78, 5) is 21.6.